The van der Waals surface area contributed by atoms with E-state index in [1.165, 1.54) is 23.5 Å². The zero-order valence-corrected chi connectivity index (χ0v) is 15.3. The van der Waals surface area contributed by atoms with Crippen LogP contribution in [0, 0.1) is 11.7 Å². The lowest BCUT2D eigenvalue weighted by atomic mass is 10.1. The number of ether oxygens (including phenoxy) is 1. The summed E-state index contributed by atoms with van der Waals surface area (Å²) in [5.41, 5.74) is 6.08. The fraction of sp³-hybridized carbons (Fsp3) is 0.389. The molecule has 1 saturated heterocycles. The first-order valence-electron chi connectivity index (χ1n) is 8.75. The molecule has 1 aliphatic carbocycles. The number of carbonyl (C=O) groups excluding carboxylic acids is 2. The highest BCUT2D eigenvalue weighted by Gasteiger charge is 2.44. The summed E-state index contributed by atoms with van der Waals surface area (Å²) in [7, 11) is 0. The molecule has 2 fully saturated rings. The first kappa shape index (κ1) is 17.9. The summed E-state index contributed by atoms with van der Waals surface area (Å²) in [6.45, 7) is 2.79. The Hall–Kier alpha value is -2.52. The molecule has 9 heteroatoms. The maximum Gasteiger partial charge on any atom is 0.289 e. The Morgan fingerprint density at radius 1 is 1.19 bits per heavy atom. The van der Waals surface area contributed by atoms with E-state index in [2.05, 4.69) is 20.7 Å². The molecule has 1 aromatic carbocycles. The number of morpholine rings is 1. The van der Waals surface area contributed by atoms with Crippen LogP contribution in [0.1, 0.15) is 28.4 Å². The number of hydrogen-bond acceptors (Lipinski definition) is 6. The van der Waals surface area contributed by atoms with Crippen LogP contribution in [0.3, 0.4) is 0 Å². The number of anilines is 1. The summed E-state index contributed by atoms with van der Waals surface area (Å²) in [5.74, 6) is -1.14. The van der Waals surface area contributed by atoms with Gasteiger partial charge in [0.2, 0.25) is 5.91 Å². The number of halogens is 1. The van der Waals surface area contributed by atoms with E-state index < -0.39 is 5.91 Å². The van der Waals surface area contributed by atoms with E-state index in [4.69, 9.17) is 4.74 Å². The molecule has 4 rings (SSSR count). The summed E-state index contributed by atoms with van der Waals surface area (Å²) >= 11 is 1.39. The summed E-state index contributed by atoms with van der Waals surface area (Å²) in [6, 6.07) is 6.15. The number of benzene rings is 1. The Kier molecular flexibility index (Phi) is 5.04. The van der Waals surface area contributed by atoms with Crippen LogP contribution in [0.4, 0.5) is 9.52 Å². The molecule has 2 heterocycles. The molecule has 2 N–H and O–H groups in total. The molecular weight excluding hydrogens is 371 g/mol. The minimum Gasteiger partial charge on any atom is -0.378 e. The number of aromatic nitrogens is 1. The molecule has 2 unspecified atom stereocenters. The van der Waals surface area contributed by atoms with E-state index >= 15 is 0 Å². The summed E-state index contributed by atoms with van der Waals surface area (Å²) in [4.78, 5) is 30.8. The van der Waals surface area contributed by atoms with Gasteiger partial charge in [-0.25, -0.2) is 9.37 Å². The van der Waals surface area contributed by atoms with Crippen molar-refractivity contribution < 1.29 is 18.7 Å². The van der Waals surface area contributed by atoms with Crippen molar-refractivity contribution in [1.82, 2.24) is 15.8 Å². The van der Waals surface area contributed by atoms with Crippen LogP contribution in [0.2, 0.25) is 0 Å². The van der Waals surface area contributed by atoms with Crippen molar-refractivity contribution in [3.8, 4) is 0 Å². The number of amides is 2. The van der Waals surface area contributed by atoms with Crippen molar-refractivity contribution in [2.24, 2.45) is 5.92 Å². The van der Waals surface area contributed by atoms with Gasteiger partial charge in [0, 0.05) is 24.4 Å². The van der Waals surface area contributed by atoms with Crippen molar-refractivity contribution in [3.05, 3.63) is 46.7 Å². The average Bonchev–Trinajstić information content (AvgIpc) is 3.34. The monoisotopic (exact) mass is 390 g/mol. The van der Waals surface area contributed by atoms with Gasteiger partial charge in [-0.15, -0.1) is 11.3 Å². The smallest absolute Gasteiger partial charge is 0.289 e. The standard InChI is InChI=1S/C18H19FN4O3S/c19-12-3-1-11(2-4-12)13-9-14(13)16(24)21-22-17(25)15-10-27-18(20-15)23-5-7-26-8-6-23/h1-4,10,13-14H,5-9H2,(H,21,24)(H,22,25). The second kappa shape index (κ2) is 7.61. The normalized spacial score (nSPS) is 21.6. The SMILES string of the molecule is O=C(NNC(=O)C1CC1c1ccc(F)cc1)c1csc(N2CCOCC2)n1. The Morgan fingerprint density at radius 3 is 2.67 bits per heavy atom. The molecule has 0 bridgehead atoms. The highest BCUT2D eigenvalue weighted by atomic mass is 32.1. The van der Waals surface area contributed by atoms with Crippen LogP contribution in [0.25, 0.3) is 0 Å². The van der Waals surface area contributed by atoms with E-state index in [1.54, 1.807) is 17.5 Å². The molecule has 2 aliphatic rings. The molecule has 0 radical (unpaired) electrons. The fourth-order valence-electron chi connectivity index (χ4n) is 3.11. The van der Waals surface area contributed by atoms with Gasteiger partial charge in [0.25, 0.3) is 5.91 Å². The topological polar surface area (TPSA) is 83.6 Å². The lowest BCUT2D eigenvalue weighted by Gasteiger charge is -2.25. The first-order valence-corrected chi connectivity index (χ1v) is 9.63. The second-order valence-electron chi connectivity index (χ2n) is 6.56. The van der Waals surface area contributed by atoms with Gasteiger partial charge in [-0.3, -0.25) is 20.4 Å². The molecule has 2 atom stereocenters. The summed E-state index contributed by atoms with van der Waals surface area (Å²) in [5, 5.41) is 2.44. The highest BCUT2D eigenvalue weighted by molar-refractivity contribution is 7.13. The Morgan fingerprint density at radius 2 is 1.93 bits per heavy atom. The van der Waals surface area contributed by atoms with Gasteiger partial charge in [-0.2, -0.15) is 0 Å². The van der Waals surface area contributed by atoms with Crippen molar-refractivity contribution in [2.75, 3.05) is 31.2 Å². The molecule has 2 aromatic rings. The third-order valence-corrected chi connectivity index (χ3v) is 5.63. The van der Waals surface area contributed by atoms with Crippen LogP contribution in [-0.4, -0.2) is 43.1 Å². The van der Waals surface area contributed by atoms with Crippen LogP contribution < -0.4 is 15.8 Å². The molecule has 1 aliphatic heterocycles. The predicted molar refractivity (Wildman–Crippen MR) is 98.0 cm³/mol. The lowest BCUT2D eigenvalue weighted by molar-refractivity contribution is -0.123. The van der Waals surface area contributed by atoms with Crippen LogP contribution >= 0.6 is 11.3 Å². The maximum atomic E-state index is 13.0. The van der Waals surface area contributed by atoms with Crippen LogP contribution in [0.5, 0.6) is 0 Å². The minimum absolute atomic E-state index is 0.0645. The Balaban J connectivity index is 1.27. The third kappa shape index (κ3) is 4.09. The number of rotatable bonds is 4. The van der Waals surface area contributed by atoms with Crippen molar-refractivity contribution in [3.63, 3.8) is 0 Å². The summed E-state index contributed by atoms with van der Waals surface area (Å²) in [6.07, 6.45) is 0.686. The van der Waals surface area contributed by atoms with E-state index in [9.17, 15) is 14.0 Å². The largest absolute Gasteiger partial charge is 0.378 e. The number of hydrazine groups is 1. The number of carbonyl (C=O) groups is 2. The molecule has 27 heavy (non-hydrogen) atoms. The molecule has 2 amide bonds. The van der Waals surface area contributed by atoms with E-state index in [1.807, 2.05) is 0 Å². The molecule has 142 valence electrons. The number of nitrogens with one attached hydrogen (secondary N) is 2. The van der Waals surface area contributed by atoms with Gasteiger partial charge in [-0.05, 0) is 30.0 Å². The average molecular weight is 390 g/mol. The van der Waals surface area contributed by atoms with Gasteiger partial charge in [0.05, 0.1) is 13.2 Å². The van der Waals surface area contributed by atoms with Gasteiger partial charge >= 0.3 is 0 Å². The minimum atomic E-state index is -0.446. The van der Waals surface area contributed by atoms with Gasteiger partial charge in [-0.1, -0.05) is 12.1 Å². The Labute approximate surface area is 159 Å². The zero-order valence-electron chi connectivity index (χ0n) is 14.5. The molecule has 1 aromatic heterocycles. The van der Waals surface area contributed by atoms with Gasteiger partial charge < -0.3 is 9.64 Å². The zero-order chi connectivity index (χ0) is 18.8. The van der Waals surface area contributed by atoms with Crippen LogP contribution in [0.15, 0.2) is 29.6 Å². The molecule has 1 saturated carbocycles. The molecule has 7 nitrogen and oxygen atoms in total. The fourth-order valence-corrected chi connectivity index (χ4v) is 3.97. The van der Waals surface area contributed by atoms with E-state index in [0.717, 1.165) is 23.8 Å². The van der Waals surface area contributed by atoms with Crippen LogP contribution in [-0.2, 0) is 9.53 Å². The van der Waals surface area contributed by atoms with Crippen molar-refractivity contribution in [1.29, 1.82) is 0 Å². The predicted octanol–water partition coefficient (Wildman–Crippen LogP) is 1.68. The third-order valence-electron chi connectivity index (χ3n) is 4.73. The van der Waals surface area contributed by atoms with Crippen molar-refractivity contribution in [2.45, 2.75) is 12.3 Å². The maximum absolute atomic E-state index is 13.0. The number of hydrogen-bond donors (Lipinski definition) is 2. The highest BCUT2D eigenvalue weighted by Crippen LogP contribution is 2.47. The summed E-state index contributed by atoms with van der Waals surface area (Å²) < 4.78 is 18.3. The Bertz CT molecular complexity index is 835. The first-order chi connectivity index (χ1) is 13.1. The molecular formula is C18H19FN4O3S. The van der Waals surface area contributed by atoms with Crippen molar-refractivity contribution >= 4 is 28.3 Å². The number of nitrogens with zero attached hydrogens (tertiary/aromatic N) is 2. The number of thiazole rings is 1. The van der Waals surface area contributed by atoms with E-state index in [-0.39, 0.29) is 29.3 Å². The lowest BCUT2D eigenvalue weighted by Crippen LogP contribution is -2.42. The van der Waals surface area contributed by atoms with Gasteiger partial charge in [0.1, 0.15) is 11.5 Å². The van der Waals surface area contributed by atoms with E-state index in [0.29, 0.717) is 19.6 Å². The quantitative estimate of drug-likeness (QED) is 0.777. The van der Waals surface area contributed by atoms with Gasteiger partial charge in [0.15, 0.2) is 5.13 Å². The molecule has 0 spiro atoms. The second-order valence-corrected chi connectivity index (χ2v) is 7.39.